The van der Waals surface area contributed by atoms with Crippen molar-refractivity contribution in [1.82, 2.24) is 20.3 Å². The number of pyridine rings is 1. The molecule has 1 aromatic carbocycles. The average molecular weight is 402 g/mol. The topological polar surface area (TPSA) is 71.0 Å². The number of hydrogen-bond donors (Lipinski definition) is 1. The molecule has 1 amide bonds. The zero-order chi connectivity index (χ0) is 21.1. The van der Waals surface area contributed by atoms with E-state index in [2.05, 4.69) is 32.3 Å². The first kappa shape index (κ1) is 20.0. The SMILES string of the molecule is CCNC(=O)C1(Cc2ccccc2)CN(c2nccc(-c3ccc(C)nc3C)n2)C1. The molecule has 30 heavy (non-hydrogen) atoms. The van der Waals surface area contributed by atoms with Gasteiger partial charge in [-0.15, -0.1) is 0 Å². The number of aromatic nitrogens is 3. The third-order valence-electron chi connectivity index (χ3n) is 5.62. The van der Waals surface area contributed by atoms with Crippen molar-refractivity contribution >= 4 is 11.9 Å². The Balaban J connectivity index is 1.57. The number of aryl methyl sites for hydroxylation is 2. The molecular weight excluding hydrogens is 374 g/mol. The Hall–Kier alpha value is -3.28. The minimum Gasteiger partial charge on any atom is -0.356 e. The van der Waals surface area contributed by atoms with Crippen molar-refractivity contribution in [2.24, 2.45) is 5.41 Å². The molecule has 0 bridgehead atoms. The molecule has 2 aromatic heterocycles. The van der Waals surface area contributed by atoms with Crippen LogP contribution < -0.4 is 10.2 Å². The second kappa shape index (κ2) is 8.22. The molecule has 1 N–H and O–H groups in total. The summed E-state index contributed by atoms with van der Waals surface area (Å²) >= 11 is 0. The molecule has 0 radical (unpaired) electrons. The van der Waals surface area contributed by atoms with E-state index in [1.807, 2.05) is 57.2 Å². The van der Waals surface area contributed by atoms with Gasteiger partial charge in [0.2, 0.25) is 11.9 Å². The van der Waals surface area contributed by atoms with Gasteiger partial charge in [-0.1, -0.05) is 30.3 Å². The van der Waals surface area contributed by atoms with Crippen molar-refractivity contribution in [1.29, 1.82) is 0 Å². The lowest BCUT2D eigenvalue weighted by Gasteiger charge is -2.49. The molecule has 0 atom stereocenters. The number of amides is 1. The number of nitrogens with one attached hydrogen (secondary N) is 1. The molecule has 6 heteroatoms. The smallest absolute Gasteiger partial charge is 0.230 e. The normalized spacial score (nSPS) is 14.8. The fourth-order valence-electron chi connectivity index (χ4n) is 4.10. The number of carbonyl (C=O) groups excluding carboxylic acids is 1. The summed E-state index contributed by atoms with van der Waals surface area (Å²) in [6.45, 7) is 7.75. The molecule has 0 saturated carbocycles. The first-order valence-corrected chi connectivity index (χ1v) is 10.4. The van der Waals surface area contributed by atoms with Gasteiger partial charge in [-0.3, -0.25) is 9.78 Å². The van der Waals surface area contributed by atoms with Gasteiger partial charge in [0.15, 0.2) is 0 Å². The largest absolute Gasteiger partial charge is 0.356 e. The van der Waals surface area contributed by atoms with Crippen LogP contribution in [0.25, 0.3) is 11.3 Å². The van der Waals surface area contributed by atoms with Crippen LogP contribution in [0.5, 0.6) is 0 Å². The van der Waals surface area contributed by atoms with Crippen molar-refractivity contribution in [3.63, 3.8) is 0 Å². The summed E-state index contributed by atoms with van der Waals surface area (Å²) in [5.41, 5.74) is 4.50. The van der Waals surface area contributed by atoms with Crippen molar-refractivity contribution in [2.45, 2.75) is 27.2 Å². The molecule has 0 unspecified atom stereocenters. The predicted molar refractivity (Wildman–Crippen MR) is 118 cm³/mol. The number of carbonyl (C=O) groups is 1. The van der Waals surface area contributed by atoms with Gasteiger partial charge in [0, 0.05) is 42.8 Å². The van der Waals surface area contributed by atoms with Gasteiger partial charge in [-0.2, -0.15) is 0 Å². The maximum Gasteiger partial charge on any atom is 0.230 e. The summed E-state index contributed by atoms with van der Waals surface area (Å²) < 4.78 is 0. The Bertz CT molecular complexity index is 1040. The van der Waals surface area contributed by atoms with Crippen molar-refractivity contribution < 1.29 is 4.79 Å². The molecule has 3 heterocycles. The van der Waals surface area contributed by atoms with Crippen LogP contribution in [-0.2, 0) is 11.2 Å². The Kier molecular flexibility index (Phi) is 5.48. The van der Waals surface area contributed by atoms with E-state index in [0.717, 1.165) is 22.6 Å². The Labute approximate surface area is 177 Å². The molecule has 1 saturated heterocycles. The number of hydrogen-bond acceptors (Lipinski definition) is 5. The Morgan fingerprint density at radius 2 is 1.83 bits per heavy atom. The number of anilines is 1. The number of rotatable bonds is 6. The van der Waals surface area contributed by atoms with Crippen LogP contribution in [-0.4, -0.2) is 40.5 Å². The molecule has 1 aliphatic heterocycles. The van der Waals surface area contributed by atoms with E-state index in [0.29, 0.717) is 32.0 Å². The van der Waals surface area contributed by atoms with Gasteiger partial charge in [0.1, 0.15) is 0 Å². The van der Waals surface area contributed by atoms with Crippen LogP contribution in [0, 0.1) is 19.3 Å². The van der Waals surface area contributed by atoms with Crippen LogP contribution >= 0.6 is 0 Å². The second-order valence-electron chi connectivity index (χ2n) is 7.99. The van der Waals surface area contributed by atoms with Gasteiger partial charge in [0.25, 0.3) is 0 Å². The summed E-state index contributed by atoms with van der Waals surface area (Å²) in [5, 5.41) is 3.02. The summed E-state index contributed by atoms with van der Waals surface area (Å²) in [4.78, 5) is 28.8. The highest BCUT2D eigenvalue weighted by atomic mass is 16.2. The van der Waals surface area contributed by atoms with Crippen LogP contribution in [0.2, 0.25) is 0 Å². The molecular formula is C24H27N5O. The monoisotopic (exact) mass is 401 g/mol. The minimum atomic E-state index is -0.460. The van der Waals surface area contributed by atoms with E-state index in [4.69, 9.17) is 4.98 Å². The fourth-order valence-corrected chi connectivity index (χ4v) is 4.10. The van der Waals surface area contributed by atoms with E-state index in [9.17, 15) is 4.79 Å². The average Bonchev–Trinajstić information content (AvgIpc) is 2.71. The quantitative estimate of drug-likeness (QED) is 0.686. The fraction of sp³-hybridized carbons (Fsp3) is 0.333. The van der Waals surface area contributed by atoms with E-state index in [-0.39, 0.29) is 5.91 Å². The van der Waals surface area contributed by atoms with Gasteiger partial charge >= 0.3 is 0 Å². The maximum absolute atomic E-state index is 12.9. The van der Waals surface area contributed by atoms with Gasteiger partial charge < -0.3 is 10.2 Å². The molecule has 0 spiro atoms. The molecule has 3 aromatic rings. The number of benzene rings is 1. The summed E-state index contributed by atoms with van der Waals surface area (Å²) in [5.74, 6) is 0.750. The van der Waals surface area contributed by atoms with E-state index in [1.165, 1.54) is 5.56 Å². The van der Waals surface area contributed by atoms with E-state index < -0.39 is 5.41 Å². The number of nitrogens with zero attached hydrogens (tertiary/aromatic N) is 4. The Morgan fingerprint density at radius 1 is 1.07 bits per heavy atom. The maximum atomic E-state index is 12.9. The van der Waals surface area contributed by atoms with Crippen molar-refractivity contribution in [2.75, 3.05) is 24.5 Å². The molecule has 1 aliphatic rings. The molecule has 4 rings (SSSR count). The zero-order valence-corrected chi connectivity index (χ0v) is 17.7. The second-order valence-corrected chi connectivity index (χ2v) is 7.99. The molecule has 0 aliphatic carbocycles. The highest BCUT2D eigenvalue weighted by molar-refractivity contribution is 5.86. The van der Waals surface area contributed by atoms with Crippen LogP contribution in [0.3, 0.4) is 0 Å². The van der Waals surface area contributed by atoms with Crippen molar-refractivity contribution in [3.05, 3.63) is 71.7 Å². The molecule has 6 nitrogen and oxygen atoms in total. The summed E-state index contributed by atoms with van der Waals surface area (Å²) in [6, 6.07) is 16.1. The standard InChI is InChI=1S/C24H27N5O/c1-4-25-22(30)24(14-19-8-6-5-7-9-19)15-29(16-24)23-26-13-12-21(28-23)20-11-10-17(2)27-18(20)3/h5-13H,4,14-16H2,1-3H3,(H,25,30). The van der Waals surface area contributed by atoms with Crippen LogP contribution in [0.1, 0.15) is 23.9 Å². The lowest BCUT2D eigenvalue weighted by atomic mass is 9.74. The third kappa shape index (κ3) is 3.90. The highest BCUT2D eigenvalue weighted by Crippen LogP contribution is 2.37. The minimum absolute atomic E-state index is 0.0971. The third-order valence-corrected chi connectivity index (χ3v) is 5.62. The van der Waals surface area contributed by atoms with Crippen molar-refractivity contribution in [3.8, 4) is 11.3 Å². The molecule has 1 fully saturated rings. The van der Waals surface area contributed by atoms with E-state index >= 15 is 0 Å². The predicted octanol–water partition coefficient (Wildman–Crippen LogP) is 3.34. The van der Waals surface area contributed by atoms with Gasteiger partial charge in [-0.05, 0) is 51.0 Å². The molecule has 154 valence electrons. The van der Waals surface area contributed by atoms with Gasteiger partial charge in [0.05, 0.1) is 11.1 Å². The highest BCUT2D eigenvalue weighted by Gasteiger charge is 2.50. The lowest BCUT2D eigenvalue weighted by molar-refractivity contribution is -0.132. The summed E-state index contributed by atoms with van der Waals surface area (Å²) in [6.07, 6.45) is 2.48. The van der Waals surface area contributed by atoms with E-state index in [1.54, 1.807) is 6.20 Å². The summed E-state index contributed by atoms with van der Waals surface area (Å²) in [7, 11) is 0. The van der Waals surface area contributed by atoms with Crippen LogP contribution in [0.4, 0.5) is 5.95 Å². The first-order chi connectivity index (χ1) is 14.5. The Morgan fingerprint density at radius 3 is 2.53 bits per heavy atom. The zero-order valence-electron chi connectivity index (χ0n) is 17.7. The van der Waals surface area contributed by atoms with Crippen LogP contribution in [0.15, 0.2) is 54.7 Å². The van der Waals surface area contributed by atoms with Gasteiger partial charge in [-0.25, -0.2) is 9.97 Å². The lowest BCUT2D eigenvalue weighted by Crippen LogP contribution is -2.65. The first-order valence-electron chi connectivity index (χ1n) is 10.4.